The fraction of sp³-hybridized carbons (Fsp3) is 0.292. The number of anilines is 2. The summed E-state index contributed by atoms with van der Waals surface area (Å²) < 4.78 is 87.6. The summed E-state index contributed by atoms with van der Waals surface area (Å²) in [7, 11) is 0. The van der Waals surface area contributed by atoms with Crippen molar-refractivity contribution in [2.24, 2.45) is 17.6 Å². The molecule has 4 aromatic carbocycles. The van der Waals surface area contributed by atoms with Gasteiger partial charge >= 0.3 is 18.3 Å². The minimum Gasteiger partial charge on any atom is -0.481 e. The van der Waals surface area contributed by atoms with Gasteiger partial charge in [-0.2, -0.15) is 26.3 Å². The number of hydrogen-bond acceptors (Lipinski definition) is 9. The number of nitrogens with two attached hydrogens (primary N) is 1. The number of halogens is 8. The molecule has 0 aliphatic carbocycles. The molecule has 1 aromatic heterocycles. The molecule has 378 valence electrons. The van der Waals surface area contributed by atoms with E-state index in [1.54, 1.807) is 108 Å². The zero-order valence-electron chi connectivity index (χ0n) is 37.8. The Morgan fingerprint density at radius 2 is 1.32 bits per heavy atom. The van der Waals surface area contributed by atoms with Gasteiger partial charge in [0.05, 0.1) is 36.4 Å². The van der Waals surface area contributed by atoms with Gasteiger partial charge in [-0.1, -0.05) is 59.6 Å². The van der Waals surface area contributed by atoms with Crippen molar-refractivity contribution in [2.45, 2.75) is 64.5 Å². The lowest BCUT2D eigenvalue weighted by Gasteiger charge is -2.17. The van der Waals surface area contributed by atoms with Crippen molar-refractivity contribution in [1.82, 2.24) is 20.4 Å². The van der Waals surface area contributed by atoms with E-state index in [0.717, 1.165) is 19.5 Å². The Kier molecular flexibility index (Phi) is 19.2. The zero-order chi connectivity index (χ0) is 52.0. The molecule has 0 bridgehead atoms. The first-order valence-electron chi connectivity index (χ1n) is 21.5. The van der Waals surface area contributed by atoms with Gasteiger partial charge in [0.15, 0.2) is 18.0 Å². The van der Waals surface area contributed by atoms with E-state index in [1.165, 1.54) is 6.08 Å². The molecule has 0 saturated carbocycles. The first-order chi connectivity index (χ1) is 33.4. The molecule has 8 N–H and O–H groups in total. The molecule has 3 heterocycles. The number of amides is 3. The molecule has 3 amide bonds. The fourth-order valence-electron chi connectivity index (χ4n) is 6.54. The number of benzene rings is 4. The van der Waals surface area contributed by atoms with Crippen LogP contribution in [-0.4, -0.2) is 82.1 Å². The van der Waals surface area contributed by atoms with Gasteiger partial charge in [0, 0.05) is 65.1 Å². The average molecular weight is 1030 g/mol. The Hall–Kier alpha value is -6.94. The van der Waals surface area contributed by atoms with Gasteiger partial charge in [-0.3, -0.25) is 24.6 Å². The van der Waals surface area contributed by atoms with E-state index in [2.05, 4.69) is 26.4 Å². The molecule has 2 aliphatic heterocycles. The summed E-state index contributed by atoms with van der Waals surface area (Å²) in [6, 6.07) is 29.2. The molecule has 2 fully saturated rings. The second kappa shape index (κ2) is 24.8. The van der Waals surface area contributed by atoms with Crippen molar-refractivity contribution in [2.75, 3.05) is 23.7 Å². The molecule has 0 spiro atoms. The maximum absolute atomic E-state index is 12.8. The molecule has 71 heavy (non-hydrogen) atoms. The molecule has 5 aromatic rings. The smallest absolute Gasteiger partial charge is 0.414 e. The number of carboxylic acid groups (broad SMARTS) is 1. The molecule has 2 aliphatic rings. The minimum absolute atomic E-state index is 0.106. The molecule has 23 heteroatoms. The van der Waals surface area contributed by atoms with E-state index >= 15 is 0 Å². The highest BCUT2D eigenvalue weighted by atomic mass is 35.5. The third-order valence-corrected chi connectivity index (χ3v) is 11.0. The van der Waals surface area contributed by atoms with Crippen LogP contribution < -0.4 is 27.0 Å². The van der Waals surface area contributed by atoms with Crippen molar-refractivity contribution < 1.29 is 60.1 Å². The summed E-state index contributed by atoms with van der Waals surface area (Å²) in [5, 5.41) is 32.4. The van der Waals surface area contributed by atoms with Gasteiger partial charge in [0.1, 0.15) is 5.84 Å². The lowest BCUT2D eigenvalue weighted by atomic mass is 10.1. The topological polar surface area (TPSA) is 223 Å². The van der Waals surface area contributed by atoms with E-state index in [4.69, 9.17) is 48.9 Å². The van der Waals surface area contributed by atoms with E-state index in [0.29, 0.717) is 49.4 Å². The van der Waals surface area contributed by atoms with Crippen molar-refractivity contribution in [3.63, 3.8) is 0 Å². The normalized spacial score (nSPS) is 16.6. The quantitative estimate of drug-likeness (QED) is 0.0299. The molecular formula is C48H48Cl2F6N8O7. The number of ether oxygens (including phenoxy) is 2. The third kappa shape index (κ3) is 17.2. The number of carbonyl (C=O) groups is 4. The Bertz CT molecular complexity index is 2700. The highest BCUT2D eigenvalue weighted by Crippen LogP contribution is 2.30. The number of carboxylic acids is 1. The maximum atomic E-state index is 12.8. The van der Waals surface area contributed by atoms with Crippen molar-refractivity contribution >= 4 is 69.9 Å². The average Bonchev–Trinajstić information content (AvgIpc) is 4.08. The number of nitrogens with one attached hydrogen (secondary N) is 5. The van der Waals surface area contributed by atoms with Crippen LogP contribution >= 0.6 is 23.2 Å². The van der Waals surface area contributed by atoms with Crippen LogP contribution in [0.3, 0.4) is 0 Å². The molecule has 0 unspecified atom stereocenters. The van der Waals surface area contributed by atoms with Gasteiger partial charge in [-0.15, -0.1) is 5.10 Å². The number of hydrogen-bond donors (Lipinski definition) is 7. The Morgan fingerprint density at radius 1 is 0.803 bits per heavy atom. The largest absolute Gasteiger partial charge is 0.481 e. The van der Waals surface area contributed by atoms with Crippen LogP contribution in [0.25, 0.3) is 22.6 Å². The predicted molar refractivity (Wildman–Crippen MR) is 255 cm³/mol. The van der Waals surface area contributed by atoms with Gasteiger partial charge < -0.3 is 41.6 Å². The third-order valence-electron chi connectivity index (χ3n) is 10.5. The number of alkyl halides is 6. The van der Waals surface area contributed by atoms with Crippen LogP contribution in [0, 0.1) is 17.2 Å². The zero-order valence-corrected chi connectivity index (χ0v) is 39.3. The summed E-state index contributed by atoms with van der Waals surface area (Å²) in [6.07, 6.45) is -11.0. The summed E-state index contributed by atoms with van der Waals surface area (Å²) in [4.78, 5) is 44.6. The van der Waals surface area contributed by atoms with Crippen LogP contribution in [-0.2, 0) is 41.9 Å². The van der Waals surface area contributed by atoms with Gasteiger partial charge in [-0.05, 0) is 91.2 Å². The van der Waals surface area contributed by atoms with E-state index in [-0.39, 0.29) is 68.5 Å². The standard InChI is InChI=1S/C24H22ClF3N4O3.C19H19ClF3N3O.C5H7NO3/c1-14(24(26,27)28)35-13-15-3-2-4-16(9-15)20-11-21(30-23(34)17-10-22(33)29-12-17)31-32(20)19-7-5-18(25)6-8-19;1-12(19(21,22)23)27-11-13-3-2-4-14(9-13)17(10-18(24)25)26-16-7-5-15(20)6-8-16;7-4-1-3(2-6-4)5(8)9/h2-9,11,14,17H,10,12-13H2,1H3,(H,29,33)(H,30,31,34);2-10,12,26H,11H2,1H3,(H3,24,25);3H,1-2H2,(H,6,7)(H,8,9)/b;17-10-;/t14-,17+;12-;3-/m110/s1. The van der Waals surface area contributed by atoms with Crippen molar-refractivity contribution in [3.8, 4) is 16.9 Å². The summed E-state index contributed by atoms with van der Waals surface area (Å²) in [5.41, 5.74) is 10.4. The minimum atomic E-state index is -4.45. The first-order valence-corrected chi connectivity index (χ1v) is 22.3. The molecule has 4 atom stereocenters. The SMILES string of the molecule is C[C@@H](OCc1cccc(-c2cc(NC(=O)[C@@H]3CNC(=O)C3)nn2-c2ccc(Cl)cc2)c1)C(F)(F)F.C[C@@H](OCc1cccc(/C(=C/C(=N)N)Nc2ccc(Cl)cc2)c1)C(F)(F)F.O=C1C[C@H](C(=O)O)CN1. The van der Waals surface area contributed by atoms with E-state index in [1.807, 2.05) is 0 Å². The molecular weight excluding hydrogens is 985 g/mol. The highest BCUT2D eigenvalue weighted by molar-refractivity contribution is 6.30. The van der Waals surface area contributed by atoms with Crippen LogP contribution in [0.5, 0.6) is 0 Å². The van der Waals surface area contributed by atoms with Crippen LogP contribution in [0.1, 0.15) is 43.4 Å². The molecule has 2 saturated heterocycles. The van der Waals surface area contributed by atoms with E-state index < -0.39 is 42.4 Å². The lowest BCUT2D eigenvalue weighted by Crippen LogP contribution is -2.28. The lowest BCUT2D eigenvalue weighted by molar-refractivity contribution is -0.217. The van der Waals surface area contributed by atoms with Gasteiger partial charge in [0.25, 0.3) is 0 Å². The number of nitrogens with zero attached hydrogens (tertiary/aromatic N) is 2. The fourth-order valence-corrected chi connectivity index (χ4v) is 6.79. The van der Waals surface area contributed by atoms with Crippen LogP contribution in [0.4, 0.5) is 37.8 Å². The number of carbonyl (C=O) groups excluding carboxylic acids is 3. The number of rotatable bonds is 15. The summed E-state index contributed by atoms with van der Waals surface area (Å²) >= 11 is 11.9. The van der Waals surface area contributed by atoms with Gasteiger partial charge in [-0.25, -0.2) is 4.68 Å². The number of aromatic nitrogens is 2. The van der Waals surface area contributed by atoms with Crippen LogP contribution in [0.15, 0.2) is 109 Å². The molecule has 15 nitrogen and oxygen atoms in total. The Labute approximate surface area is 413 Å². The second-order valence-corrected chi connectivity index (χ2v) is 16.9. The second-order valence-electron chi connectivity index (χ2n) is 16.1. The van der Waals surface area contributed by atoms with Gasteiger partial charge in [0.2, 0.25) is 17.7 Å². The maximum Gasteiger partial charge on any atom is 0.414 e. The first kappa shape index (κ1) is 55.0. The Balaban J connectivity index is 0.000000230. The molecule has 7 rings (SSSR count). The summed E-state index contributed by atoms with van der Waals surface area (Å²) in [5.74, 6) is -2.48. The van der Waals surface area contributed by atoms with Crippen molar-refractivity contribution in [3.05, 3.63) is 136 Å². The van der Waals surface area contributed by atoms with Crippen LogP contribution in [0.2, 0.25) is 10.0 Å². The number of amidine groups is 1. The highest BCUT2D eigenvalue weighted by Gasteiger charge is 2.38. The van der Waals surface area contributed by atoms with Crippen molar-refractivity contribution in [1.29, 1.82) is 5.41 Å². The summed E-state index contributed by atoms with van der Waals surface area (Å²) in [6.45, 7) is 2.05. The van der Waals surface area contributed by atoms with E-state index in [9.17, 15) is 45.5 Å². The predicted octanol–water partition coefficient (Wildman–Crippen LogP) is 9.14. The number of aliphatic carboxylic acids is 1. The Morgan fingerprint density at radius 3 is 1.82 bits per heavy atom. The monoisotopic (exact) mass is 1030 g/mol. The molecule has 0 radical (unpaired) electrons.